The maximum absolute atomic E-state index is 13.9. The molecule has 3 rings (SSSR count). The minimum atomic E-state index is -0.719. The van der Waals surface area contributed by atoms with Crippen LogP contribution in [0.4, 0.5) is 8.78 Å². The molecule has 0 atom stereocenters. The van der Waals surface area contributed by atoms with E-state index in [9.17, 15) is 8.78 Å². The molecule has 2 saturated carbocycles. The normalized spacial score (nSPS) is 32.0. The Labute approximate surface area is 138 Å². The lowest BCUT2D eigenvalue weighted by molar-refractivity contribution is 0.156. The minimum absolute atomic E-state index is 0.232. The maximum Gasteiger partial charge on any atom is 0.218 e. The summed E-state index contributed by atoms with van der Waals surface area (Å²) in [5.74, 6) is 1.59. The molecule has 23 heavy (non-hydrogen) atoms. The van der Waals surface area contributed by atoms with E-state index >= 15 is 0 Å². The van der Waals surface area contributed by atoms with Crippen LogP contribution in [0.15, 0.2) is 12.1 Å². The number of pyridine rings is 1. The van der Waals surface area contributed by atoms with Gasteiger partial charge >= 0.3 is 0 Å². The van der Waals surface area contributed by atoms with Crippen molar-refractivity contribution in [1.82, 2.24) is 4.98 Å². The van der Waals surface area contributed by atoms with Crippen LogP contribution in [0.1, 0.15) is 82.6 Å². The summed E-state index contributed by atoms with van der Waals surface area (Å²) in [5, 5.41) is 0. The zero-order valence-corrected chi connectivity index (χ0v) is 14.2. The second-order valence-corrected chi connectivity index (χ2v) is 7.70. The van der Waals surface area contributed by atoms with E-state index in [1.165, 1.54) is 57.4 Å². The molecule has 0 amide bonds. The standard InChI is InChI=1S/C20H29F2N/c1-2-3-14-4-6-15(7-5-14)16-8-10-17(11-9-16)18-12-13-19(21)23-20(18)22/h12-17H,2-11H2,1H3/t14-,15-,16-,17-. The van der Waals surface area contributed by atoms with Crippen LogP contribution in [0.3, 0.4) is 0 Å². The lowest BCUT2D eigenvalue weighted by atomic mass is 9.68. The van der Waals surface area contributed by atoms with Crippen molar-refractivity contribution in [2.45, 2.75) is 77.0 Å². The molecule has 2 aliphatic rings. The lowest BCUT2D eigenvalue weighted by Gasteiger charge is -2.38. The van der Waals surface area contributed by atoms with Crippen molar-refractivity contribution in [3.63, 3.8) is 0 Å². The Kier molecular flexibility index (Phi) is 5.66. The maximum atomic E-state index is 13.9. The van der Waals surface area contributed by atoms with E-state index in [1.807, 2.05) is 0 Å². The SMILES string of the molecule is CCC[C@H]1CC[C@H]([C@H]2CC[C@H](c3ccc(F)nc3F)CC2)CC1. The largest absolute Gasteiger partial charge is 0.218 e. The molecule has 0 aliphatic heterocycles. The number of hydrogen-bond acceptors (Lipinski definition) is 1. The van der Waals surface area contributed by atoms with E-state index in [0.717, 1.165) is 30.6 Å². The van der Waals surface area contributed by atoms with Gasteiger partial charge in [-0.05, 0) is 74.3 Å². The highest BCUT2D eigenvalue weighted by Crippen LogP contribution is 2.44. The lowest BCUT2D eigenvalue weighted by Crippen LogP contribution is -2.25. The van der Waals surface area contributed by atoms with Gasteiger partial charge in [-0.2, -0.15) is 13.8 Å². The highest BCUT2D eigenvalue weighted by atomic mass is 19.1. The van der Waals surface area contributed by atoms with Crippen LogP contribution in [0, 0.1) is 29.6 Å². The van der Waals surface area contributed by atoms with Gasteiger partial charge in [0.15, 0.2) is 0 Å². The fraction of sp³-hybridized carbons (Fsp3) is 0.750. The summed E-state index contributed by atoms with van der Waals surface area (Å²) < 4.78 is 26.8. The Morgan fingerprint density at radius 1 is 0.913 bits per heavy atom. The third-order valence-corrected chi connectivity index (χ3v) is 6.31. The molecular formula is C20H29F2N. The summed E-state index contributed by atoms with van der Waals surface area (Å²) >= 11 is 0. The van der Waals surface area contributed by atoms with E-state index in [4.69, 9.17) is 0 Å². The first-order valence-corrected chi connectivity index (χ1v) is 9.49. The van der Waals surface area contributed by atoms with Gasteiger partial charge in [0.2, 0.25) is 11.9 Å². The average molecular weight is 321 g/mol. The molecule has 1 aromatic heterocycles. The van der Waals surface area contributed by atoms with E-state index in [1.54, 1.807) is 6.07 Å². The third-order valence-electron chi connectivity index (χ3n) is 6.31. The van der Waals surface area contributed by atoms with Crippen LogP contribution in [0.2, 0.25) is 0 Å². The Morgan fingerprint density at radius 3 is 2.09 bits per heavy atom. The molecule has 0 unspecified atom stereocenters. The molecule has 0 N–H and O–H groups in total. The Morgan fingerprint density at radius 2 is 1.52 bits per heavy atom. The van der Waals surface area contributed by atoms with Crippen molar-refractivity contribution in [3.8, 4) is 0 Å². The molecule has 2 fully saturated rings. The smallest absolute Gasteiger partial charge is 0.190 e. The molecule has 0 spiro atoms. The molecule has 0 bridgehead atoms. The highest BCUT2D eigenvalue weighted by molar-refractivity contribution is 5.17. The van der Waals surface area contributed by atoms with Gasteiger partial charge in [-0.15, -0.1) is 0 Å². The Balaban J connectivity index is 1.51. The van der Waals surface area contributed by atoms with Crippen molar-refractivity contribution in [2.75, 3.05) is 0 Å². The first-order valence-electron chi connectivity index (χ1n) is 9.49. The Bertz CT molecular complexity index is 500. The van der Waals surface area contributed by atoms with Crippen molar-refractivity contribution < 1.29 is 8.78 Å². The molecule has 1 heterocycles. The van der Waals surface area contributed by atoms with Gasteiger partial charge in [0.25, 0.3) is 0 Å². The predicted molar refractivity (Wildman–Crippen MR) is 89.2 cm³/mol. The van der Waals surface area contributed by atoms with Gasteiger partial charge in [0, 0.05) is 5.56 Å². The average Bonchev–Trinajstić information content (AvgIpc) is 2.56. The second-order valence-electron chi connectivity index (χ2n) is 7.70. The van der Waals surface area contributed by atoms with Crippen LogP contribution in [0.25, 0.3) is 0 Å². The fourth-order valence-electron chi connectivity index (χ4n) is 4.99. The summed E-state index contributed by atoms with van der Waals surface area (Å²) in [5.41, 5.74) is 0.622. The number of halogens is 2. The summed E-state index contributed by atoms with van der Waals surface area (Å²) in [4.78, 5) is 3.35. The fourth-order valence-corrected chi connectivity index (χ4v) is 4.99. The van der Waals surface area contributed by atoms with Crippen molar-refractivity contribution >= 4 is 0 Å². The predicted octanol–water partition coefficient (Wildman–Crippen LogP) is 6.24. The number of aromatic nitrogens is 1. The monoisotopic (exact) mass is 321 g/mol. The van der Waals surface area contributed by atoms with Gasteiger partial charge in [0.1, 0.15) is 0 Å². The van der Waals surface area contributed by atoms with Crippen LogP contribution < -0.4 is 0 Å². The van der Waals surface area contributed by atoms with E-state index < -0.39 is 11.9 Å². The number of rotatable bonds is 4. The zero-order valence-electron chi connectivity index (χ0n) is 14.2. The number of nitrogens with zero attached hydrogens (tertiary/aromatic N) is 1. The zero-order chi connectivity index (χ0) is 16.2. The van der Waals surface area contributed by atoms with E-state index in [2.05, 4.69) is 11.9 Å². The van der Waals surface area contributed by atoms with Crippen LogP contribution in [-0.2, 0) is 0 Å². The molecule has 2 aliphatic carbocycles. The second kappa shape index (κ2) is 7.72. The summed E-state index contributed by atoms with van der Waals surface area (Å²) in [6.07, 6.45) is 12.8. The first-order chi connectivity index (χ1) is 11.2. The quantitative estimate of drug-likeness (QED) is 0.598. The van der Waals surface area contributed by atoms with E-state index in [0.29, 0.717) is 5.56 Å². The summed E-state index contributed by atoms with van der Waals surface area (Å²) in [6.45, 7) is 2.29. The van der Waals surface area contributed by atoms with Gasteiger partial charge in [-0.1, -0.05) is 32.6 Å². The molecular weight excluding hydrogens is 292 g/mol. The van der Waals surface area contributed by atoms with Gasteiger partial charge in [-0.25, -0.2) is 0 Å². The number of hydrogen-bond donors (Lipinski definition) is 0. The van der Waals surface area contributed by atoms with Crippen molar-refractivity contribution in [1.29, 1.82) is 0 Å². The third kappa shape index (κ3) is 4.10. The van der Waals surface area contributed by atoms with Crippen molar-refractivity contribution in [3.05, 3.63) is 29.6 Å². The summed E-state index contributed by atoms with van der Waals surface area (Å²) in [6, 6.07) is 2.89. The minimum Gasteiger partial charge on any atom is -0.190 e. The molecule has 1 aromatic rings. The van der Waals surface area contributed by atoms with Crippen molar-refractivity contribution in [2.24, 2.45) is 17.8 Å². The molecule has 0 saturated heterocycles. The first kappa shape index (κ1) is 16.9. The van der Waals surface area contributed by atoms with Gasteiger partial charge in [-0.3, -0.25) is 0 Å². The molecule has 0 radical (unpaired) electrons. The molecule has 3 heteroatoms. The molecule has 0 aromatic carbocycles. The molecule has 1 nitrogen and oxygen atoms in total. The van der Waals surface area contributed by atoms with E-state index in [-0.39, 0.29) is 5.92 Å². The van der Waals surface area contributed by atoms with Gasteiger partial charge < -0.3 is 0 Å². The highest BCUT2D eigenvalue weighted by Gasteiger charge is 2.31. The Hall–Kier alpha value is -0.990. The molecule has 128 valence electrons. The van der Waals surface area contributed by atoms with Crippen LogP contribution >= 0.6 is 0 Å². The van der Waals surface area contributed by atoms with Crippen LogP contribution in [0.5, 0.6) is 0 Å². The van der Waals surface area contributed by atoms with Crippen LogP contribution in [-0.4, -0.2) is 4.98 Å². The topological polar surface area (TPSA) is 12.9 Å². The van der Waals surface area contributed by atoms with Gasteiger partial charge in [0.05, 0.1) is 0 Å². The summed E-state index contributed by atoms with van der Waals surface area (Å²) in [7, 11) is 0.